The average molecular weight is 232 g/mol. The molecule has 0 aliphatic heterocycles. The summed E-state index contributed by atoms with van der Waals surface area (Å²) in [6, 6.07) is 0. The zero-order valence-corrected chi connectivity index (χ0v) is 10.8. The Morgan fingerprint density at radius 2 is 1.71 bits per heavy atom. The fraction of sp³-hybridized carbons (Fsp3) is 0.625. The highest BCUT2D eigenvalue weighted by Crippen LogP contribution is 2.50. The number of terminal acetylenes is 1. The zero-order valence-electron chi connectivity index (χ0n) is 10.8. The summed E-state index contributed by atoms with van der Waals surface area (Å²) >= 11 is 0. The van der Waals surface area contributed by atoms with Gasteiger partial charge in [-0.1, -0.05) is 31.4 Å². The minimum atomic E-state index is -0.761. The lowest BCUT2D eigenvalue weighted by atomic mass is 9.59. The second-order valence-corrected chi connectivity index (χ2v) is 5.24. The molecule has 0 amide bonds. The van der Waals surface area contributed by atoms with Gasteiger partial charge in [0.25, 0.3) is 0 Å². The molecule has 94 valence electrons. The maximum absolute atomic E-state index is 11.0. The van der Waals surface area contributed by atoms with Crippen LogP contribution in [-0.2, 0) is 0 Å². The lowest BCUT2D eigenvalue weighted by molar-refractivity contribution is -0.0978. The number of hydrogen-bond acceptors (Lipinski definition) is 1. The third-order valence-electron chi connectivity index (χ3n) is 4.20. The smallest absolute Gasteiger partial charge is 0.0781 e. The topological polar surface area (TPSA) is 20.2 Å². The molecule has 0 spiro atoms. The van der Waals surface area contributed by atoms with Crippen LogP contribution in [0.2, 0.25) is 0 Å². The van der Waals surface area contributed by atoms with E-state index in [0.29, 0.717) is 19.3 Å². The van der Waals surface area contributed by atoms with E-state index in [-0.39, 0.29) is 5.41 Å². The van der Waals surface area contributed by atoms with Gasteiger partial charge in [0.15, 0.2) is 0 Å². The molecule has 0 atom stereocenters. The van der Waals surface area contributed by atoms with Crippen molar-refractivity contribution in [1.82, 2.24) is 0 Å². The van der Waals surface area contributed by atoms with Gasteiger partial charge >= 0.3 is 0 Å². The highest BCUT2D eigenvalue weighted by atomic mass is 16.3. The van der Waals surface area contributed by atoms with Crippen LogP contribution in [0.1, 0.15) is 51.4 Å². The third kappa shape index (κ3) is 2.82. The van der Waals surface area contributed by atoms with Gasteiger partial charge in [0.05, 0.1) is 5.60 Å². The highest BCUT2D eigenvalue weighted by Gasteiger charge is 2.48. The summed E-state index contributed by atoms with van der Waals surface area (Å²) in [5.74, 6) is 2.77. The maximum atomic E-state index is 11.0. The maximum Gasteiger partial charge on any atom is 0.0781 e. The first-order valence-corrected chi connectivity index (χ1v) is 6.52. The van der Waals surface area contributed by atoms with Crippen molar-refractivity contribution in [3.8, 4) is 12.3 Å². The minimum Gasteiger partial charge on any atom is -0.389 e. The largest absolute Gasteiger partial charge is 0.389 e. The van der Waals surface area contributed by atoms with Crippen LogP contribution in [0.4, 0.5) is 0 Å². The first-order chi connectivity index (χ1) is 8.14. The van der Waals surface area contributed by atoms with Crippen molar-refractivity contribution in [3.05, 3.63) is 25.3 Å². The van der Waals surface area contributed by atoms with E-state index in [1.165, 1.54) is 6.42 Å². The van der Waals surface area contributed by atoms with E-state index < -0.39 is 5.60 Å². The summed E-state index contributed by atoms with van der Waals surface area (Å²) < 4.78 is 0. The van der Waals surface area contributed by atoms with Gasteiger partial charge < -0.3 is 5.11 Å². The molecule has 0 aromatic rings. The van der Waals surface area contributed by atoms with E-state index in [1.807, 2.05) is 0 Å². The molecule has 0 saturated heterocycles. The van der Waals surface area contributed by atoms with Crippen molar-refractivity contribution in [2.75, 3.05) is 0 Å². The van der Waals surface area contributed by atoms with Crippen LogP contribution in [0.3, 0.4) is 0 Å². The van der Waals surface area contributed by atoms with Crippen LogP contribution in [-0.4, -0.2) is 10.7 Å². The van der Waals surface area contributed by atoms with E-state index in [2.05, 4.69) is 19.1 Å². The Labute approximate surface area is 106 Å². The molecule has 1 fully saturated rings. The van der Waals surface area contributed by atoms with Gasteiger partial charge in [0.1, 0.15) is 0 Å². The van der Waals surface area contributed by atoms with Crippen LogP contribution in [0, 0.1) is 17.8 Å². The molecule has 0 aromatic carbocycles. The third-order valence-corrected chi connectivity index (χ3v) is 4.20. The average Bonchev–Trinajstić information content (AvgIpc) is 2.31. The summed E-state index contributed by atoms with van der Waals surface area (Å²) in [5, 5.41) is 11.0. The van der Waals surface area contributed by atoms with Crippen molar-refractivity contribution in [2.24, 2.45) is 5.41 Å². The summed E-state index contributed by atoms with van der Waals surface area (Å²) in [5.41, 5.74) is -0.897. The van der Waals surface area contributed by atoms with Gasteiger partial charge in [-0.15, -0.1) is 25.5 Å². The van der Waals surface area contributed by atoms with E-state index in [1.54, 1.807) is 12.2 Å². The molecule has 1 aliphatic rings. The first-order valence-electron chi connectivity index (χ1n) is 6.52. The molecule has 0 radical (unpaired) electrons. The molecule has 1 heteroatoms. The lowest BCUT2D eigenvalue weighted by Crippen LogP contribution is -2.49. The van der Waals surface area contributed by atoms with Gasteiger partial charge in [-0.3, -0.25) is 0 Å². The second kappa shape index (κ2) is 6.07. The van der Waals surface area contributed by atoms with E-state index in [4.69, 9.17) is 6.42 Å². The molecular weight excluding hydrogens is 208 g/mol. The second-order valence-electron chi connectivity index (χ2n) is 5.24. The van der Waals surface area contributed by atoms with E-state index >= 15 is 0 Å². The normalized spacial score (nSPS) is 19.3. The van der Waals surface area contributed by atoms with Crippen LogP contribution < -0.4 is 0 Å². The highest BCUT2D eigenvalue weighted by molar-refractivity contribution is 5.10. The fourth-order valence-electron chi connectivity index (χ4n) is 3.22. The van der Waals surface area contributed by atoms with Crippen LogP contribution in [0.5, 0.6) is 0 Å². The van der Waals surface area contributed by atoms with E-state index in [0.717, 1.165) is 25.7 Å². The minimum absolute atomic E-state index is 0.137. The molecule has 0 aromatic heterocycles. The van der Waals surface area contributed by atoms with Gasteiger partial charge in [-0.25, -0.2) is 0 Å². The Balaban J connectivity index is 3.02. The quantitative estimate of drug-likeness (QED) is 0.545. The lowest BCUT2D eigenvalue weighted by Gasteiger charge is -2.48. The predicted octanol–water partition coefficient (Wildman–Crippen LogP) is 3.84. The Morgan fingerprint density at radius 3 is 2.12 bits per heavy atom. The molecule has 1 N–H and O–H groups in total. The molecular formula is C16H24O. The molecule has 0 bridgehead atoms. The number of rotatable bonds is 6. The van der Waals surface area contributed by atoms with Crippen molar-refractivity contribution < 1.29 is 5.11 Å². The van der Waals surface area contributed by atoms with Crippen molar-refractivity contribution in [1.29, 1.82) is 0 Å². The molecule has 1 rings (SSSR count). The van der Waals surface area contributed by atoms with Crippen LogP contribution >= 0.6 is 0 Å². The van der Waals surface area contributed by atoms with E-state index in [9.17, 15) is 5.11 Å². The first kappa shape index (κ1) is 14.1. The number of hydrogen-bond donors (Lipinski definition) is 1. The summed E-state index contributed by atoms with van der Waals surface area (Å²) in [4.78, 5) is 0. The Kier molecular flexibility index (Phi) is 5.02. The van der Waals surface area contributed by atoms with Crippen LogP contribution in [0.15, 0.2) is 25.3 Å². The Hall–Kier alpha value is -1.00. The Morgan fingerprint density at radius 1 is 1.18 bits per heavy atom. The Bertz CT molecular complexity index is 292. The van der Waals surface area contributed by atoms with Crippen molar-refractivity contribution in [2.45, 2.75) is 57.0 Å². The summed E-state index contributed by atoms with van der Waals surface area (Å²) in [6.07, 6.45) is 16.6. The van der Waals surface area contributed by atoms with Crippen molar-refractivity contribution in [3.63, 3.8) is 0 Å². The standard InChI is InChI=1S/C16H24O/c1-4-10-15(13-8-7-9-14-15)16(17,11-5-2)12-6-3/h1,5-6,17H,2-3,7-14H2. The van der Waals surface area contributed by atoms with Crippen LogP contribution in [0.25, 0.3) is 0 Å². The van der Waals surface area contributed by atoms with Gasteiger partial charge in [-0.05, 0) is 25.7 Å². The molecule has 1 nitrogen and oxygen atoms in total. The molecule has 1 aliphatic carbocycles. The molecule has 0 unspecified atom stereocenters. The van der Waals surface area contributed by atoms with Gasteiger partial charge in [0.2, 0.25) is 0 Å². The van der Waals surface area contributed by atoms with Gasteiger partial charge in [0, 0.05) is 11.8 Å². The summed E-state index contributed by atoms with van der Waals surface area (Å²) in [6.45, 7) is 7.54. The predicted molar refractivity (Wildman–Crippen MR) is 73.5 cm³/mol. The zero-order chi connectivity index (χ0) is 12.8. The molecule has 0 heterocycles. The van der Waals surface area contributed by atoms with Gasteiger partial charge in [-0.2, -0.15) is 0 Å². The van der Waals surface area contributed by atoms with Crippen molar-refractivity contribution >= 4 is 0 Å². The monoisotopic (exact) mass is 232 g/mol. The SMILES string of the molecule is C#CCC1(C(O)(CC=C)CC=C)CCCCC1. The molecule has 1 saturated carbocycles. The summed E-state index contributed by atoms with van der Waals surface area (Å²) in [7, 11) is 0. The number of aliphatic hydroxyl groups is 1. The molecule has 17 heavy (non-hydrogen) atoms. The fourth-order valence-corrected chi connectivity index (χ4v) is 3.22.